The van der Waals surface area contributed by atoms with E-state index in [0.717, 1.165) is 5.56 Å². The van der Waals surface area contributed by atoms with Gasteiger partial charge in [-0.2, -0.15) is 0 Å². The Labute approximate surface area is 195 Å². The molecule has 10 heteroatoms. The topological polar surface area (TPSA) is 109 Å². The first-order valence-corrected chi connectivity index (χ1v) is 11.9. The Morgan fingerprint density at radius 3 is 2.85 bits per heavy atom. The predicted octanol–water partition coefficient (Wildman–Crippen LogP) is 2.02. The highest BCUT2D eigenvalue weighted by atomic mass is 32.1. The van der Waals surface area contributed by atoms with Gasteiger partial charge in [0.25, 0.3) is 0 Å². The van der Waals surface area contributed by atoms with Crippen LogP contribution >= 0.6 is 11.3 Å². The maximum absolute atomic E-state index is 13.3. The van der Waals surface area contributed by atoms with E-state index in [1.807, 2.05) is 13.0 Å². The van der Waals surface area contributed by atoms with Crippen molar-refractivity contribution in [3.05, 3.63) is 46.9 Å². The number of pyridine rings is 1. The van der Waals surface area contributed by atoms with E-state index in [4.69, 9.17) is 4.74 Å². The van der Waals surface area contributed by atoms with Crippen LogP contribution in [0.15, 0.2) is 41.4 Å². The smallest absolute Gasteiger partial charge is 0.409 e. The number of nitrogens with one attached hydrogen (secondary N) is 1. The maximum Gasteiger partial charge on any atom is 0.413 e. The van der Waals surface area contributed by atoms with E-state index in [-0.39, 0.29) is 36.6 Å². The van der Waals surface area contributed by atoms with Gasteiger partial charge in [0.15, 0.2) is 5.78 Å². The molecule has 9 nitrogen and oxygen atoms in total. The molecule has 0 radical (unpaired) electrons. The van der Waals surface area contributed by atoms with Crippen molar-refractivity contribution in [2.75, 3.05) is 13.1 Å². The Balaban J connectivity index is 1.42. The largest absolute Gasteiger partial charge is 0.413 e. The third kappa shape index (κ3) is 5.05. The van der Waals surface area contributed by atoms with Crippen molar-refractivity contribution in [3.63, 3.8) is 0 Å². The van der Waals surface area contributed by atoms with E-state index in [0.29, 0.717) is 31.6 Å². The van der Waals surface area contributed by atoms with E-state index >= 15 is 0 Å². The summed E-state index contributed by atoms with van der Waals surface area (Å²) in [6, 6.07) is 3.44. The third-order valence-electron chi connectivity index (χ3n) is 5.98. The summed E-state index contributed by atoms with van der Waals surface area (Å²) in [5.74, 6) is -0.209. The van der Waals surface area contributed by atoms with Crippen LogP contribution in [-0.2, 0) is 20.8 Å². The van der Waals surface area contributed by atoms with E-state index in [1.54, 1.807) is 40.2 Å². The fraction of sp³-hybridized carbons (Fsp3) is 0.435. The quantitative estimate of drug-likeness (QED) is 0.663. The molecule has 2 fully saturated rings. The number of ketones is 1. The van der Waals surface area contributed by atoms with Gasteiger partial charge < -0.3 is 19.9 Å². The maximum atomic E-state index is 13.3. The summed E-state index contributed by atoms with van der Waals surface area (Å²) < 4.78 is 5.22. The van der Waals surface area contributed by atoms with Gasteiger partial charge in [0.1, 0.15) is 17.8 Å². The molecule has 0 spiro atoms. The molecule has 0 aliphatic carbocycles. The zero-order valence-electron chi connectivity index (χ0n) is 18.3. The zero-order valence-corrected chi connectivity index (χ0v) is 19.1. The molecule has 1 N–H and O–H groups in total. The number of thiophene rings is 1. The average Bonchev–Trinajstić information content (AvgIpc) is 3.53. The monoisotopic (exact) mass is 470 g/mol. The summed E-state index contributed by atoms with van der Waals surface area (Å²) in [5, 5.41) is 6.12. The molecule has 0 aromatic carbocycles. The zero-order chi connectivity index (χ0) is 23.4. The second-order valence-electron chi connectivity index (χ2n) is 8.19. The lowest BCUT2D eigenvalue weighted by Crippen LogP contribution is -2.53. The molecule has 0 saturated carbocycles. The number of carbonyl (C=O) groups is 4. The Morgan fingerprint density at radius 2 is 2.15 bits per heavy atom. The second-order valence-corrected chi connectivity index (χ2v) is 8.97. The van der Waals surface area contributed by atoms with Crippen molar-refractivity contribution in [3.8, 4) is 5.75 Å². The van der Waals surface area contributed by atoms with E-state index < -0.39 is 18.2 Å². The van der Waals surface area contributed by atoms with E-state index in [2.05, 4.69) is 10.3 Å². The van der Waals surface area contributed by atoms with Crippen molar-refractivity contribution in [1.82, 2.24) is 20.1 Å². The molecule has 33 heavy (non-hydrogen) atoms. The number of Topliss-reactive ketones (excluding diaryl/α,β-unsaturated/α-hetero) is 1. The Bertz CT molecular complexity index is 1010. The lowest BCUT2D eigenvalue weighted by Gasteiger charge is -2.28. The second kappa shape index (κ2) is 10.1. The lowest BCUT2D eigenvalue weighted by molar-refractivity contribution is -0.138. The minimum atomic E-state index is -0.798. The number of amides is 3. The molecular weight excluding hydrogens is 444 g/mol. The minimum absolute atomic E-state index is 0.00964. The molecule has 0 bridgehead atoms. The van der Waals surface area contributed by atoms with Gasteiger partial charge in [0.2, 0.25) is 11.8 Å². The van der Waals surface area contributed by atoms with Crippen LogP contribution in [-0.4, -0.2) is 69.7 Å². The number of fused-ring (bicyclic) bond motifs is 1. The SMILES string of the molecule is CCCC(NC(=O)Oc1ccsc1)C(=O)N1CCC2C1C(=O)CN2C(=O)Cc1cccnc1. The van der Waals surface area contributed by atoms with Crippen LogP contribution in [0.3, 0.4) is 0 Å². The normalized spacial score (nSPS) is 20.5. The molecule has 2 saturated heterocycles. The number of rotatable bonds is 7. The Morgan fingerprint density at radius 1 is 1.30 bits per heavy atom. The van der Waals surface area contributed by atoms with Crippen LogP contribution in [0.1, 0.15) is 31.7 Å². The van der Waals surface area contributed by atoms with Gasteiger partial charge in [-0.05, 0) is 35.9 Å². The van der Waals surface area contributed by atoms with Gasteiger partial charge >= 0.3 is 6.09 Å². The third-order valence-corrected chi connectivity index (χ3v) is 6.64. The number of carbonyl (C=O) groups excluding carboxylic acids is 4. The summed E-state index contributed by atoms with van der Waals surface area (Å²) in [5.41, 5.74) is 0.778. The molecule has 4 rings (SSSR count). The molecule has 3 amide bonds. The highest BCUT2D eigenvalue weighted by Gasteiger charge is 2.52. The van der Waals surface area contributed by atoms with Crippen LogP contribution in [0.5, 0.6) is 5.75 Å². The fourth-order valence-corrected chi connectivity index (χ4v) is 5.06. The summed E-state index contributed by atoms with van der Waals surface area (Å²) in [4.78, 5) is 58.5. The van der Waals surface area contributed by atoms with Crippen molar-refractivity contribution < 1.29 is 23.9 Å². The van der Waals surface area contributed by atoms with Gasteiger partial charge in [-0.25, -0.2) is 4.79 Å². The first-order valence-electron chi connectivity index (χ1n) is 11.0. The number of likely N-dealkylation sites (tertiary alicyclic amines) is 2. The van der Waals surface area contributed by atoms with Gasteiger partial charge in [-0.15, -0.1) is 11.3 Å². The molecule has 2 aromatic heterocycles. The van der Waals surface area contributed by atoms with Crippen molar-refractivity contribution >= 4 is 35.0 Å². The molecular formula is C23H26N4O5S. The van der Waals surface area contributed by atoms with Crippen LogP contribution in [0.25, 0.3) is 0 Å². The molecule has 3 atom stereocenters. The first kappa shape index (κ1) is 22.9. The first-order chi connectivity index (χ1) is 16.0. The summed E-state index contributed by atoms with van der Waals surface area (Å²) in [6.45, 7) is 2.26. The van der Waals surface area contributed by atoms with Crippen LogP contribution in [0, 0.1) is 0 Å². The molecule has 174 valence electrons. The number of hydrogen-bond donors (Lipinski definition) is 1. The van der Waals surface area contributed by atoms with Gasteiger partial charge in [-0.3, -0.25) is 19.4 Å². The lowest BCUT2D eigenvalue weighted by atomic mass is 10.1. The van der Waals surface area contributed by atoms with Crippen molar-refractivity contribution in [2.45, 2.75) is 50.7 Å². The minimum Gasteiger partial charge on any atom is -0.409 e. The molecule has 2 aromatic rings. The van der Waals surface area contributed by atoms with Crippen molar-refractivity contribution in [2.24, 2.45) is 0 Å². The van der Waals surface area contributed by atoms with Crippen LogP contribution in [0.4, 0.5) is 4.79 Å². The summed E-state index contributed by atoms with van der Waals surface area (Å²) in [7, 11) is 0. The number of ether oxygens (including phenoxy) is 1. The number of aromatic nitrogens is 1. The highest BCUT2D eigenvalue weighted by Crippen LogP contribution is 2.31. The van der Waals surface area contributed by atoms with Gasteiger partial charge in [0.05, 0.1) is 19.0 Å². The molecule has 3 unspecified atom stereocenters. The number of nitrogens with zero attached hydrogens (tertiary/aromatic N) is 3. The average molecular weight is 471 g/mol. The van der Waals surface area contributed by atoms with Gasteiger partial charge in [0, 0.05) is 24.3 Å². The Kier molecular flexibility index (Phi) is 7.02. The summed E-state index contributed by atoms with van der Waals surface area (Å²) >= 11 is 1.40. The van der Waals surface area contributed by atoms with Gasteiger partial charge in [-0.1, -0.05) is 19.4 Å². The van der Waals surface area contributed by atoms with Crippen LogP contribution in [0.2, 0.25) is 0 Å². The van der Waals surface area contributed by atoms with Crippen LogP contribution < -0.4 is 10.1 Å². The Hall–Kier alpha value is -3.27. The van der Waals surface area contributed by atoms with Crippen molar-refractivity contribution in [1.29, 1.82) is 0 Å². The highest BCUT2D eigenvalue weighted by molar-refractivity contribution is 7.08. The molecule has 2 aliphatic heterocycles. The number of hydrogen-bond acceptors (Lipinski definition) is 7. The van der Waals surface area contributed by atoms with E-state index in [1.165, 1.54) is 16.2 Å². The molecule has 2 aliphatic rings. The summed E-state index contributed by atoms with van der Waals surface area (Å²) in [6.07, 6.45) is 4.34. The fourth-order valence-electron chi connectivity index (χ4n) is 4.50. The van der Waals surface area contributed by atoms with E-state index in [9.17, 15) is 19.2 Å². The molecule has 4 heterocycles. The predicted molar refractivity (Wildman–Crippen MR) is 121 cm³/mol. The standard InChI is InChI=1S/C23H26N4O5S/c1-2-4-17(25-23(31)32-16-7-10-33-14-16)22(30)26-9-6-18-21(26)19(28)13-27(18)20(29)11-15-5-3-8-24-12-15/h3,5,7-8,10,12,14,17-18,21H,2,4,6,9,11,13H2,1H3,(H,25,31).